The van der Waals surface area contributed by atoms with Crippen molar-refractivity contribution < 1.29 is 9.53 Å². The lowest BCUT2D eigenvalue weighted by atomic mass is 10.2. The number of amides is 2. The van der Waals surface area contributed by atoms with E-state index < -0.39 is 6.03 Å². The number of anilines is 2. The summed E-state index contributed by atoms with van der Waals surface area (Å²) in [5.41, 5.74) is 6.08. The fourth-order valence-electron chi connectivity index (χ4n) is 2.09. The minimum Gasteiger partial charge on any atom is -0.488 e. The molecule has 7 heteroatoms. The van der Waals surface area contributed by atoms with Crippen molar-refractivity contribution in [3.63, 3.8) is 0 Å². The quantitative estimate of drug-likeness (QED) is 0.653. The first kappa shape index (κ1) is 18.7. The number of nitrogens with two attached hydrogens (primary N) is 1. The van der Waals surface area contributed by atoms with E-state index in [1.807, 2.05) is 20.8 Å². The number of hydrogen-bond donors (Lipinski definition) is 1. The van der Waals surface area contributed by atoms with Crippen LogP contribution in [0.3, 0.4) is 0 Å². The highest BCUT2D eigenvalue weighted by atomic mass is 35.5. The molecule has 0 atom stereocenters. The van der Waals surface area contributed by atoms with Crippen LogP contribution in [0, 0.1) is 0 Å². The van der Waals surface area contributed by atoms with Crippen LogP contribution in [0.4, 0.5) is 16.2 Å². The van der Waals surface area contributed by atoms with Gasteiger partial charge in [-0.15, -0.1) is 0 Å². The van der Waals surface area contributed by atoms with Crippen molar-refractivity contribution in [2.24, 2.45) is 5.73 Å². The molecule has 0 spiro atoms. The number of urea groups is 1. The fraction of sp³-hybridized carbons (Fsp3) is 0.235. The maximum atomic E-state index is 11.9. The molecule has 128 valence electrons. The molecule has 0 aromatic heterocycles. The third kappa shape index (κ3) is 4.47. The van der Waals surface area contributed by atoms with E-state index in [0.29, 0.717) is 22.1 Å². The van der Waals surface area contributed by atoms with Crippen LogP contribution in [0.25, 0.3) is 0 Å². The van der Waals surface area contributed by atoms with Gasteiger partial charge in [0.15, 0.2) is 0 Å². The van der Waals surface area contributed by atoms with Crippen LogP contribution >= 0.6 is 34.8 Å². The van der Waals surface area contributed by atoms with Crippen molar-refractivity contribution >= 4 is 52.2 Å². The number of benzene rings is 2. The Balaban J connectivity index is 2.42. The van der Waals surface area contributed by atoms with E-state index in [4.69, 9.17) is 45.3 Å². The summed E-state index contributed by atoms with van der Waals surface area (Å²) < 4.78 is 5.76. The largest absolute Gasteiger partial charge is 0.488 e. The first-order valence-electron chi connectivity index (χ1n) is 7.11. The second-order valence-corrected chi connectivity index (χ2v) is 7.32. The van der Waals surface area contributed by atoms with E-state index >= 15 is 0 Å². The fourth-order valence-corrected chi connectivity index (χ4v) is 2.71. The number of nitrogens with zero attached hydrogens (tertiary/aromatic N) is 1. The zero-order valence-electron chi connectivity index (χ0n) is 13.4. The molecule has 0 aliphatic rings. The van der Waals surface area contributed by atoms with Gasteiger partial charge < -0.3 is 10.5 Å². The van der Waals surface area contributed by atoms with Crippen molar-refractivity contribution in [2.45, 2.75) is 26.4 Å². The van der Waals surface area contributed by atoms with E-state index in [0.717, 1.165) is 0 Å². The van der Waals surface area contributed by atoms with E-state index in [9.17, 15) is 4.79 Å². The Hall–Kier alpha value is -1.62. The molecule has 0 radical (unpaired) electrons. The molecule has 2 aromatic rings. The summed E-state index contributed by atoms with van der Waals surface area (Å²) in [4.78, 5) is 13.2. The highest BCUT2D eigenvalue weighted by molar-refractivity contribution is 6.44. The molecule has 2 N–H and O–H groups in total. The van der Waals surface area contributed by atoms with Gasteiger partial charge in [-0.05, 0) is 57.2 Å². The Kier molecular flexibility index (Phi) is 5.53. The molecule has 24 heavy (non-hydrogen) atoms. The number of carbonyl (C=O) groups excluding carboxylic acids is 1. The van der Waals surface area contributed by atoms with Gasteiger partial charge >= 0.3 is 6.03 Å². The molecule has 0 bridgehead atoms. The monoisotopic (exact) mass is 386 g/mol. The summed E-state index contributed by atoms with van der Waals surface area (Å²) in [6.45, 7) is 5.85. The number of ether oxygens (including phenoxy) is 1. The predicted molar refractivity (Wildman–Crippen MR) is 100 cm³/mol. The second-order valence-electron chi connectivity index (χ2n) is 6.10. The van der Waals surface area contributed by atoms with E-state index in [2.05, 4.69) is 0 Å². The zero-order valence-corrected chi connectivity index (χ0v) is 15.7. The van der Waals surface area contributed by atoms with Gasteiger partial charge in [0, 0.05) is 0 Å². The summed E-state index contributed by atoms with van der Waals surface area (Å²) >= 11 is 18.2. The van der Waals surface area contributed by atoms with Crippen molar-refractivity contribution in [3.05, 3.63) is 51.5 Å². The molecule has 0 saturated heterocycles. The van der Waals surface area contributed by atoms with Crippen LogP contribution < -0.4 is 15.4 Å². The van der Waals surface area contributed by atoms with Gasteiger partial charge in [0.25, 0.3) is 0 Å². The number of hydrogen-bond acceptors (Lipinski definition) is 2. The highest BCUT2D eigenvalue weighted by Crippen LogP contribution is 2.38. The van der Waals surface area contributed by atoms with E-state index in [1.54, 1.807) is 24.3 Å². The molecule has 0 aliphatic heterocycles. The third-order valence-electron chi connectivity index (χ3n) is 2.97. The molecular weight excluding hydrogens is 371 g/mol. The van der Waals surface area contributed by atoms with Gasteiger partial charge in [-0.3, -0.25) is 4.90 Å². The number of carbonyl (C=O) groups is 1. The number of halogens is 3. The molecule has 0 heterocycles. The lowest BCUT2D eigenvalue weighted by Gasteiger charge is -2.24. The molecule has 2 aromatic carbocycles. The summed E-state index contributed by atoms with van der Waals surface area (Å²) in [6, 6.07) is 9.20. The van der Waals surface area contributed by atoms with Crippen molar-refractivity contribution in [2.75, 3.05) is 4.90 Å². The smallest absolute Gasteiger partial charge is 0.323 e. The van der Waals surface area contributed by atoms with Gasteiger partial charge in [0.05, 0.1) is 26.4 Å². The Morgan fingerprint density at radius 1 is 1.00 bits per heavy atom. The number of rotatable bonds is 3. The predicted octanol–water partition coefficient (Wildman–Crippen LogP) is 6.04. The van der Waals surface area contributed by atoms with Gasteiger partial charge in [-0.25, -0.2) is 4.79 Å². The van der Waals surface area contributed by atoms with Crippen molar-refractivity contribution in [1.29, 1.82) is 0 Å². The van der Waals surface area contributed by atoms with Crippen LogP contribution in [0.5, 0.6) is 5.75 Å². The van der Waals surface area contributed by atoms with Gasteiger partial charge in [-0.1, -0.05) is 34.8 Å². The van der Waals surface area contributed by atoms with Crippen molar-refractivity contribution in [1.82, 2.24) is 0 Å². The SMILES string of the molecule is CC(C)(C)Oc1ccc(N(C(N)=O)c2cc(Cl)c(Cl)cc2Cl)cc1. The molecule has 0 fully saturated rings. The highest BCUT2D eigenvalue weighted by Gasteiger charge is 2.20. The maximum absolute atomic E-state index is 11.9. The van der Waals surface area contributed by atoms with E-state index in [1.165, 1.54) is 17.0 Å². The average molecular weight is 388 g/mol. The summed E-state index contributed by atoms with van der Waals surface area (Å²) in [6.07, 6.45) is 0. The Morgan fingerprint density at radius 3 is 2.04 bits per heavy atom. The van der Waals surface area contributed by atoms with Crippen molar-refractivity contribution in [3.8, 4) is 5.75 Å². The maximum Gasteiger partial charge on any atom is 0.323 e. The molecule has 2 rings (SSSR count). The molecular formula is C17H17Cl3N2O2. The molecule has 0 saturated carbocycles. The zero-order chi connectivity index (χ0) is 18.1. The Morgan fingerprint density at radius 2 is 1.54 bits per heavy atom. The minimum absolute atomic E-state index is 0.262. The van der Waals surface area contributed by atoms with Crippen LogP contribution in [-0.2, 0) is 0 Å². The molecule has 0 aliphatic carbocycles. The Labute approximate surface area is 156 Å². The van der Waals surface area contributed by atoms with Crippen LogP contribution in [-0.4, -0.2) is 11.6 Å². The lowest BCUT2D eigenvalue weighted by Crippen LogP contribution is -2.31. The molecule has 4 nitrogen and oxygen atoms in total. The van der Waals surface area contributed by atoms with Crippen LogP contribution in [0.1, 0.15) is 20.8 Å². The summed E-state index contributed by atoms with van der Waals surface area (Å²) in [7, 11) is 0. The summed E-state index contributed by atoms with van der Waals surface area (Å²) in [5.74, 6) is 0.677. The van der Waals surface area contributed by atoms with Gasteiger partial charge in [-0.2, -0.15) is 0 Å². The first-order chi connectivity index (χ1) is 11.1. The van der Waals surface area contributed by atoms with Crippen LogP contribution in [0.2, 0.25) is 15.1 Å². The molecule has 0 unspecified atom stereocenters. The average Bonchev–Trinajstić information content (AvgIpc) is 2.44. The topological polar surface area (TPSA) is 55.6 Å². The first-order valence-corrected chi connectivity index (χ1v) is 8.25. The van der Waals surface area contributed by atoms with E-state index in [-0.39, 0.29) is 15.6 Å². The van der Waals surface area contributed by atoms with Crippen LogP contribution in [0.15, 0.2) is 36.4 Å². The van der Waals surface area contributed by atoms with Gasteiger partial charge in [0.2, 0.25) is 0 Å². The van der Waals surface area contributed by atoms with Gasteiger partial charge in [0.1, 0.15) is 11.4 Å². The molecule has 2 amide bonds. The number of primary amides is 1. The minimum atomic E-state index is -0.695. The normalized spacial score (nSPS) is 11.2. The second kappa shape index (κ2) is 7.09. The third-order valence-corrected chi connectivity index (χ3v) is 3.99. The Bertz CT molecular complexity index is 756. The summed E-state index contributed by atoms with van der Waals surface area (Å²) in [5, 5.41) is 0.831. The lowest BCUT2D eigenvalue weighted by molar-refractivity contribution is 0.131. The standard InChI is InChI=1S/C17H17Cl3N2O2/c1-17(2,3)24-11-6-4-10(5-7-11)22(16(21)23)15-9-13(19)12(18)8-14(15)20/h4-9H,1-3H3,(H2,21,23).